The zero-order valence-corrected chi connectivity index (χ0v) is 11.6. The number of aliphatic hydroxyl groups is 1. The lowest BCUT2D eigenvalue weighted by Gasteiger charge is -2.11. The van der Waals surface area contributed by atoms with Crippen LogP contribution in [0.1, 0.15) is 28.4 Å². The first-order chi connectivity index (χ1) is 9.74. The summed E-state index contributed by atoms with van der Waals surface area (Å²) < 4.78 is 41.5. The summed E-state index contributed by atoms with van der Waals surface area (Å²) in [6.07, 6.45) is -7.55. The fourth-order valence-electron chi connectivity index (χ4n) is 2.08. The van der Waals surface area contributed by atoms with Crippen LogP contribution in [0.2, 0.25) is 0 Å². The smallest absolute Gasteiger partial charge is 0.383 e. The minimum absolute atomic E-state index is 0.223. The van der Waals surface area contributed by atoms with Crippen molar-refractivity contribution >= 4 is 0 Å². The maximum Gasteiger partial charge on any atom is 0.414 e. The molecule has 1 atom stereocenters. The molecular formula is C14H15F3N2O2. The molecule has 114 valence electrons. The highest BCUT2D eigenvalue weighted by molar-refractivity contribution is 5.30. The summed E-state index contributed by atoms with van der Waals surface area (Å²) in [5, 5.41) is 12.6. The van der Waals surface area contributed by atoms with Crippen LogP contribution in [0.25, 0.3) is 0 Å². The Morgan fingerprint density at radius 2 is 1.81 bits per heavy atom. The first kappa shape index (κ1) is 15.5. The molecule has 1 aromatic heterocycles. The normalized spacial score (nSPS) is 13.4. The summed E-state index contributed by atoms with van der Waals surface area (Å²) in [7, 11) is 0. The van der Waals surface area contributed by atoms with Gasteiger partial charge >= 0.3 is 6.18 Å². The molecule has 0 fully saturated rings. The predicted octanol–water partition coefficient (Wildman–Crippen LogP) is 2.74. The first-order valence-corrected chi connectivity index (χ1v) is 6.37. The van der Waals surface area contributed by atoms with Crippen LogP contribution in [0.15, 0.2) is 22.7 Å². The highest BCUT2D eigenvalue weighted by atomic mass is 19.4. The third-order valence-corrected chi connectivity index (χ3v) is 2.90. The van der Waals surface area contributed by atoms with Crippen LogP contribution in [0.4, 0.5) is 13.2 Å². The van der Waals surface area contributed by atoms with Gasteiger partial charge in [-0.1, -0.05) is 34.5 Å². The van der Waals surface area contributed by atoms with E-state index in [-0.39, 0.29) is 5.89 Å². The van der Waals surface area contributed by atoms with Crippen LogP contribution in [-0.4, -0.2) is 27.5 Å². The van der Waals surface area contributed by atoms with Crippen LogP contribution >= 0.6 is 0 Å². The number of aryl methyl sites for hydroxylation is 2. The van der Waals surface area contributed by atoms with E-state index in [0.717, 1.165) is 16.7 Å². The van der Waals surface area contributed by atoms with Crippen molar-refractivity contribution in [3.05, 3.63) is 46.6 Å². The number of aliphatic hydroxyl groups excluding tert-OH is 1. The highest BCUT2D eigenvalue weighted by Gasteiger charge is 2.39. The summed E-state index contributed by atoms with van der Waals surface area (Å²) in [6, 6.07) is 5.92. The molecule has 0 spiro atoms. The van der Waals surface area contributed by atoms with Gasteiger partial charge < -0.3 is 9.63 Å². The van der Waals surface area contributed by atoms with Crippen LogP contribution < -0.4 is 0 Å². The second-order valence-electron chi connectivity index (χ2n) is 5.04. The maximum atomic E-state index is 12.2. The Morgan fingerprint density at radius 3 is 2.38 bits per heavy atom. The van der Waals surface area contributed by atoms with Gasteiger partial charge in [0.25, 0.3) is 0 Å². The van der Waals surface area contributed by atoms with Crippen LogP contribution in [-0.2, 0) is 12.8 Å². The molecule has 21 heavy (non-hydrogen) atoms. The molecule has 1 N–H and O–H groups in total. The second-order valence-corrected chi connectivity index (χ2v) is 5.04. The molecule has 0 aliphatic heterocycles. The van der Waals surface area contributed by atoms with Gasteiger partial charge in [0.1, 0.15) is 0 Å². The number of nitrogens with zero attached hydrogens (tertiary/aromatic N) is 2. The SMILES string of the molecule is Cc1cc(C)cc(Cc2noc(CC(O)C(F)(F)F)n2)c1. The van der Waals surface area contributed by atoms with Crippen LogP contribution in [0.3, 0.4) is 0 Å². The standard InChI is InChI=1S/C14H15F3N2O2/c1-8-3-9(2)5-10(4-8)6-12-18-13(21-19-12)7-11(20)14(15,16)17/h3-5,11,20H,6-7H2,1-2H3. The fraction of sp³-hybridized carbons (Fsp3) is 0.429. The zero-order valence-electron chi connectivity index (χ0n) is 11.6. The highest BCUT2D eigenvalue weighted by Crippen LogP contribution is 2.22. The molecule has 0 radical (unpaired) electrons. The number of aromatic nitrogens is 2. The largest absolute Gasteiger partial charge is 0.414 e. The Bertz CT molecular complexity index is 603. The number of hydrogen-bond acceptors (Lipinski definition) is 4. The van der Waals surface area contributed by atoms with Gasteiger partial charge in [0.2, 0.25) is 5.89 Å². The van der Waals surface area contributed by atoms with Gasteiger partial charge in [0.15, 0.2) is 11.9 Å². The van der Waals surface area contributed by atoms with Gasteiger partial charge in [-0.05, 0) is 19.4 Å². The Kier molecular flexibility index (Phi) is 4.32. The summed E-state index contributed by atoms with van der Waals surface area (Å²) in [5.74, 6) is 0.0728. The average molecular weight is 300 g/mol. The van der Waals surface area contributed by atoms with E-state index in [1.54, 1.807) is 0 Å². The van der Waals surface area contributed by atoms with Crippen molar-refractivity contribution in [1.29, 1.82) is 0 Å². The third-order valence-electron chi connectivity index (χ3n) is 2.90. The summed E-state index contributed by atoms with van der Waals surface area (Å²) >= 11 is 0. The van der Waals surface area contributed by atoms with Gasteiger partial charge in [0, 0.05) is 6.42 Å². The Balaban J connectivity index is 2.06. The van der Waals surface area contributed by atoms with Crippen molar-refractivity contribution in [2.45, 2.75) is 39.0 Å². The molecule has 1 aromatic carbocycles. The van der Waals surface area contributed by atoms with Crippen LogP contribution in [0.5, 0.6) is 0 Å². The van der Waals surface area contributed by atoms with Gasteiger partial charge in [-0.3, -0.25) is 0 Å². The summed E-state index contributed by atoms with van der Waals surface area (Å²) in [6.45, 7) is 3.91. The number of rotatable bonds is 4. The van der Waals surface area contributed by atoms with E-state index in [4.69, 9.17) is 9.63 Å². The molecule has 0 bridgehead atoms. The Hall–Kier alpha value is -1.89. The lowest BCUT2D eigenvalue weighted by atomic mass is 10.1. The molecule has 0 saturated carbocycles. The van der Waals surface area contributed by atoms with Crippen molar-refractivity contribution in [2.24, 2.45) is 0 Å². The molecule has 1 heterocycles. The fourth-order valence-corrected chi connectivity index (χ4v) is 2.08. The molecule has 2 rings (SSSR count). The Labute approximate surface area is 119 Å². The van der Waals surface area contributed by atoms with E-state index >= 15 is 0 Å². The molecule has 1 unspecified atom stereocenters. The lowest BCUT2D eigenvalue weighted by Crippen LogP contribution is -2.30. The molecule has 7 heteroatoms. The monoisotopic (exact) mass is 300 g/mol. The second kappa shape index (κ2) is 5.85. The van der Waals surface area contributed by atoms with Crippen molar-refractivity contribution in [1.82, 2.24) is 10.1 Å². The van der Waals surface area contributed by atoms with Crippen LogP contribution in [0, 0.1) is 13.8 Å². The summed E-state index contributed by atoms with van der Waals surface area (Å²) in [4.78, 5) is 3.88. The van der Waals surface area contributed by atoms with E-state index in [9.17, 15) is 13.2 Å². The predicted molar refractivity (Wildman–Crippen MR) is 68.8 cm³/mol. The number of benzene rings is 1. The number of hydrogen-bond donors (Lipinski definition) is 1. The lowest BCUT2D eigenvalue weighted by molar-refractivity contribution is -0.204. The Morgan fingerprint density at radius 1 is 1.19 bits per heavy atom. The average Bonchev–Trinajstić information content (AvgIpc) is 2.73. The molecule has 0 aliphatic carbocycles. The molecule has 0 saturated heterocycles. The molecule has 2 aromatic rings. The van der Waals surface area contributed by atoms with Gasteiger partial charge in [0.05, 0.1) is 6.42 Å². The molecule has 4 nitrogen and oxygen atoms in total. The van der Waals surface area contributed by atoms with Gasteiger partial charge in [-0.2, -0.15) is 18.2 Å². The third kappa shape index (κ3) is 4.29. The van der Waals surface area contributed by atoms with Gasteiger partial charge in [-0.15, -0.1) is 0 Å². The molecule has 0 amide bonds. The number of alkyl halides is 3. The van der Waals surface area contributed by atoms with E-state index in [0.29, 0.717) is 12.2 Å². The summed E-state index contributed by atoms with van der Waals surface area (Å²) in [5.41, 5.74) is 3.12. The van der Waals surface area contributed by atoms with E-state index in [1.165, 1.54) is 0 Å². The maximum absolute atomic E-state index is 12.2. The minimum atomic E-state index is -4.69. The van der Waals surface area contributed by atoms with E-state index in [1.807, 2.05) is 32.0 Å². The number of halogens is 3. The van der Waals surface area contributed by atoms with Crippen molar-refractivity contribution in [3.8, 4) is 0 Å². The quantitative estimate of drug-likeness (QED) is 0.943. The zero-order chi connectivity index (χ0) is 15.6. The molecule has 0 aliphatic rings. The van der Waals surface area contributed by atoms with E-state index < -0.39 is 18.7 Å². The van der Waals surface area contributed by atoms with Crippen molar-refractivity contribution in [3.63, 3.8) is 0 Å². The minimum Gasteiger partial charge on any atom is -0.383 e. The topological polar surface area (TPSA) is 59.2 Å². The van der Waals surface area contributed by atoms with Gasteiger partial charge in [-0.25, -0.2) is 0 Å². The van der Waals surface area contributed by atoms with Crippen molar-refractivity contribution in [2.75, 3.05) is 0 Å². The molecular weight excluding hydrogens is 285 g/mol. The first-order valence-electron chi connectivity index (χ1n) is 6.37. The van der Waals surface area contributed by atoms with E-state index in [2.05, 4.69) is 10.1 Å². The van der Waals surface area contributed by atoms with Crippen molar-refractivity contribution < 1.29 is 22.8 Å².